The van der Waals surface area contributed by atoms with Crippen LogP contribution < -0.4 is 11.0 Å². The third kappa shape index (κ3) is 5.57. The number of fused-ring (bicyclic) bond motifs is 2. The van der Waals surface area contributed by atoms with Crippen LogP contribution in [0.1, 0.15) is 59.0 Å². The summed E-state index contributed by atoms with van der Waals surface area (Å²) in [6, 6.07) is 12.1. The van der Waals surface area contributed by atoms with Gasteiger partial charge in [-0.1, -0.05) is 23.8 Å². The van der Waals surface area contributed by atoms with E-state index in [2.05, 4.69) is 4.99 Å². The number of aryl methyl sites for hydroxylation is 3. The van der Waals surface area contributed by atoms with E-state index in [9.17, 15) is 14.4 Å². The minimum atomic E-state index is -0.675. The number of hydrogen-bond acceptors (Lipinski definition) is 6. The Labute approximate surface area is 220 Å². The molecule has 1 aromatic carbocycles. The van der Waals surface area contributed by atoms with E-state index in [0.29, 0.717) is 36.4 Å². The van der Waals surface area contributed by atoms with Crippen LogP contribution in [0.5, 0.6) is 0 Å². The summed E-state index contributed by atoms with van der Waals surface area (Å²) in [4.78, 5) is 49.2. The van der Waals surface area contributed by atoms with Crippen molar-refractivity contribution in [1.29, 1.82) is 0 Å². The summed E-state index contributed by atoms with van der Waals surface area (Å²) in [6.45, 7) is 10.2. The first-order chi connectivity index (χ1) is 18.2. The number of nitrogens with zero attached hydrogens (tertiary/aromatic N) is 4. The molecule has 9 heteroatoms. The maximum atomic E-state index is 13.6. The zero-order valence-electron chi connectivity index (χ0n) is 22.4. The number of hydrogen-bond donors (Lipinski definition) is 0. The fourth-order valence-electron chi connectivity index (χ4n) is 4.26. The molecule has 3 heterocycles. The van der Waals surface area contributed by atoms with Crippen LogP contribution in [-0.2, 0) is 16.0 Å². The lowest BCUT2D eigenvalue weighted by Crippen LogP contribution is -2.33. The number of rotatable bonds is 8. The molecule has 0 aliphatic heterocycles. The summed E-state index contributed by atoms with van der Waals surface area (Å²) in [6.07, 6.45) is 2.23. The van der Waals surface area contributed by atoms with E-state index in [1.165, 1.54) is 10.5 Å². The Balaban J connectivity index is 2.06. The zero-order valence-corrected chi connectivity index (χ0v) is 22.4. The molecular formula is C29H32N4O5. The van der Waals surface area contributed by atoms with Gasteiger partial charge in [-0.3, -0.25) is 14.0 Å². The number of benzene rings is 1. The molecule has 0 saturated carbocycles. The first kappa shape index (κ1) is 26.9. The minimum Gasteiger partial charge on any atom is -0.462 e. The standard InChI is InChI=1S/C29H32N4O5/c1-6-37-29(36)23-17-22-25(30-24-20(5)11-8-13-33(24)28(22)35)32(14-9-15-38-18(2)3)26(23)31-27(34)21-12-7-10-19(4)16-21/h7-8,10-13,16-18H,6,9,14-15H2,1-5H3. The molecule has 3 aromatic heterocycles. The molecule has 198 valence electrons. The van der Waals surface area contributed by atoms with Crippen LogP contribution in [0.3, 0.4) is 0 Å². The van der Waals surface area contributed by atoms with Crippen molar-refractivity contribution in [2.75, 3.05) is 13.2 Å². The molecule has 0 N–H and O–H groups in total. The van der Waals surface area contributed by atoms with Crippen molar-refractivity contribution in [2.45, 2.75) is 53.7 Å². The molecule has 38 heavy (non-hydrogen) atoms. The van der Waals surface area contributed by atoms with Crippen molar-refractivity contribution in [2.24, 2.45) is 4.99 Å². The van der Waals surface area contributed by atoms with Gasteiger partial charge in [0, 0.05) is 24.9 Å². The van der Waals surface area contributed by atoms with Gasteiger partial charge in [0.25, 0.3) is 11.5 Å². The molecule has 0 radical (unpaired) electrons. The summed E-state index contributed by atoms with van der Waals surface area (Å²) in [5, 5.41) is 0.225. The van der Waals surface area contributed by atoms with E-state index in [1.807, 2.05) is 39.8 Å². The third-order valence-corrected chi connectivity index (χ3v) is 6.05. The molecule has 4 rings (SSSR count). The highest BCUT2D eigenvalue weighted by molar-refractivity contribution is 5.97. The number of aromatic nitrogens is 3. The van der Waals surface area contributed by atoms with Crippen molar-refractivity contribution in [3.05, 3.63) is 86.8 Å². The largest absolute Gasteiger partial charge is 0.462 e. The van der Waals surface area contributed by atoms with Gasteiger partial charge in [-0.15, -0.1) is 0 Å². The van der Waals surface area contributed by atoms with E-state index in [0.717, 1.165) is 11.1 Å². The highest BCUT2D eigenvalue weighted by Gasteiger charge is 2.20. The quantitative estimate of drug-likeness (QED) is 0.199. The van der Waals surface area contributed by atoms with Crippen LogP contribution >= 0.6 is 0 Å². The van der Waals surface area contributed by atoms with Crippen molar-refractivity contribution < 1.29 is 19.1 Å². The minimum absolute atomic E-state index is 0.0247. The number of amides is 1. The Kier molecular flexibility index (Phi) is 8.16. The number of esters is 1. The highest BCUT2D eigenvalue weighted by Crippen LogP contribution is 2.15. The number of pyridine rings is 2. The highest BCUT2D eigenvalue weighted by atomic mass is 16.5. The van der Waals surface area contributed by atoms with Crippen LogP contribution in [0.2, 0.25) is 0 Å². The van der Waals surface area contributed by atoms with Crippen molar-refractivity contribution in [3.8, 4) is 0 Å². The molecule has 0 saturated heterocycles. The van der Waals surface area contributed by atoms with E-state index >= 15 is 0 Å². The van der Waals surface area contributed by atoms with Gasteiger partial charge in [-0.25, -0.2) is 9.78 Å². The summed E-state index contributed by atoms with van der Waals surface area (Å²) < 4.78 is 14.1. The first-order valence-corrected chi connectivity index (χ1v) is 12.7. The van der Waals surface area contributed by atoms with Gasteiger partial charge >= 0.3 is 5.97 Å². The number of carbonyl (C=O) groups excluding carboxylic acids is 2. The lowest BCUT2D eigenvalue weighted by Gasteiger charge is -2.16. The van der Waals surface area contributed by atoms with Crippen LogP contribution in [-0.4, -0.2) is 45.1 Å². The second-order valence-electron chi connectivity index (χ2n) is 9.35. The van der Waals surface area contributed by atoms with Gasteiger partial charge in [0.1, 0.15) is 16.9 Å². The van der Waals surface area contributed by atoms with Gasteiger partial charge in [0.05, 0.1) is 18.1 Å². The fourth-order valence-corrected chi connectivity index (χ4v) is 4.26. The molecule has 0 bridgehead atoms. The van der Waals surface area contributed by atoms with Crippen LogP contribution in [0.25, 0.3) is 16.7 Å². The maximum absolute atomic E-state index is 13.6. The normalized spacial score (nSPS) is 12.0. The van der Waals surface area contributed by atoms with Crippen molar-refractivity contribution in [1.82, 2.24) is 14.0 Å². The molecule has 0 aliphatic carbocycles. The van der Waals surface area contributed by atoms with E-state index in [1.54, 1.807) is 42.0 Å². The van der Waals surface area contributed by atoms with Gasteiger partial charge in [0.15, 0.2) is 5.49 Å². The number of ether oxygens (including phenoxy) is 2. The smallest absolute Gasteiger partial charge is 0.341 e. The lowest BCUT2D eigenvalue weighted by molar-refractivity contribution is 0.0523. The SMILES string of the molecule is CCOC(=O)c1cc2c(=O)n3cccc(C)c3nc2n(CCCOC(C)C)c1=NC(=O)c1cccc(C)c1. The Hall–Kier alpha value is -4.11. The molecule has 0 unspecified atom stereocenters. The Bertz CT molecular complexity index is 1650. The van der Waals surface area contributed by atoms with E-state index < -0.39 is 11.9 Å². The molecule has 0 spiro atoms. The summed E-state index contributed by atoms with van der Waals surface area (Å²) in [5.41, 5.74) is 2.71. The summed E-state index contributed by atoms with van der Waals surface area (Å²) in [7, 11) is 0. The predicted molar refractivity (Wildman–Crippen MR) is 144 cm³/mol. The molecule has 4 aromatic rings. The fraction of sp³-hybridized carbons (Fsp3) is 0.345. The molecule has 0 aliphatic rings. The average molecular weight is 517 g/mol. The van der Waals surface area contributed by atoms with Gasteiger partial charge in [0.2, 0.25) is 0 Å². The maximum Gasteiger partial charge on any atom is 0.341 e. The molecule has 0 fully saturated rings. The van der Waals surface area contributed by atoms with Gasteiger partial charge in [-0.05, 0) is 70.9 Å². The molecule has 9 nitrogen and oxygen atoms in total. The number of carbonyl (C=O) groups is 2. The first-order valence-electron chi connectivity index (χ1n) is 12.7. The Morgan fingerprint density at radius 3 is 2.58 bits per heavy atom. The molecule has 1 amide bonds. The van der Waals surface area contributed by atoms with Crippen LogP contribution in [0, 0.1) is 13.8 Å². The average Bonchev–Trinajstić information content (AvgIpc) is 2.88. The van der Waals surface area contributed by atoms with Crippen molar-refractivity contribution >= 4 is 28.6 Å². The second kappa shape index (κ2) is 11.5. The zero-order chi connectivity index (χ0) is 27.4. The van der Waals surface area contributed by atoms with Gasteiger partial charge in [-0.2, -0.15) is 4.99 Å². The summed E-state index contributed by atoms with van der Waals surface area (Å²) >= 11 is 0. The van der Waals surface area contributed by atoms with Crippen LogP contribution in [0.4, 0.5) is 0 Å². The van der Waals surface area contributed by atoms with Gasteiger partial charge < -0.3 is 14.0 Å². The second-order valence-corrected chi connectivity index (χ2v) is 9.35. The van der Waals surface area contributed by atoms with E-state index in [-0.39, 0.29) is 34.7 Å². The van der Waals surface area contributed by atoms with Crippen molar-refractivity contribution in [3.63, 3.8) is 0 Å². The molecule has 0 atom stereocenters. The third-order valence-electron chi connectivity index (χ3n) is 6.05. The van der Waals surface area contributed by atoms with E-state index in [4.69, 9.17) is 14.5 Å². The molecular weight excluding hydrogens is 484 g/mol. The topological polar surface area (TPSA) is 104 Å². The Morgan fingerprint density at radius 2 is 1.87 bits per heavy atom. The predicted octanol–water partition coefficient (Wildman–Crippen LogP) is 4.00. The monoisotopic (exact) mass is 516 g/mol. The van der Waals surface area contributed by atoms with Crippen LogP contribution in [0.15, 0.2) is 58.4 Å². The lowest BCUT2D eigenvalue weighted by atomic mass is 10.1. The Morgan fingerprint density at radius 1 is 1.08 bits per heavy atom. The summed E-state index contributed by atoms with van der Waals surface area (Å²) in [5.74, 6) is -1.19.